The second-order valence-corrected chi connectivity index (χ2v) is 9.16. The molecular weight excluding hydrogens is 466 g/mol. The first-order valence-electron chi connectivity index (χ1n) is 12.2. The molecule has 190 valence electrons. The lowest BCUT2D eigenvalue weighted by Gasteiger charge is -2.32. The first kappa shape index (κ1) is 24.2. The third-order valence-electron chi connectivity index (χ3n) is 6.65. The lowest BCUT2D eigenvalue weighted by atomic mass is 10.1. The number of fused-ring (bicyclic) bond motifs is 1. The highest BCUT2D eigenvalue weighted by molar-refractivity contribution is 5.44. The number of aromatic nitrogens is 2. The third kappa shape index (κ3) is 5.36. The molecule has 2 aliphatic rings. The molecule has 5 rings (SSSR count). The molecule has 3 aromatic rings. The average molecular weight is 497 g/mol. The Labute approximate surface area is 209 Å². The van der Waals surface area contributed by atoms with Crippen LogP contribution in [0.5, 0.6) is 23.1 Å². The van der Waals surface area contributed by atoms with Crippen LogP contribution in [0.1, 0.15) is 36.1 Å². The van der Waals surface area contributed by atoms with Crippen LogP contribution in [0, 0.1) is 11.6 Å². The highest BCUT2D eigenvalue weighted by Crippen LogP contribution is 2.33. The lowest BCUT2D eigenvalue weighted by Crippen LogP contribution is -2.34. The molecule has 0 radical (unpaired) electrons. The summed E-state index contributed by atoms with van der Waals surface area (Å²) in [6, 6.07) is 9.36. The zero-order valence-corrected chi connectivity index (χ0v) is 20.6. The largest absolute Gasteiger partial charge is 0.497 e. The molecule has 0 aliphatic carbocycles. The number of halogens is 2. The molecule has 3 heterocycles. The van der Waals surface area contributed by atoms with Gasteiger partial charge < -0.3 is 19.1 Å². The van der Waals surface area contributed by atoms with E-state index in [9.17, 15) is 8.78 Å². The second-order valence-electron chi connectivity index (χ2n) is 9.16. The van der Waals surface area contributed by atoms with Crippen LogP contribution in [0.15, 0.2) is 36.4 Å². The fourth-order valence-electron chi connectivity index (χ4n) is 4.75. The summed E-state index contributed by atoms with van der Waals surface area (Å²) in [4.78, 5) is 14.1. The molecular formula is C27H30F2N4O3. The molecule has 2 aromatic carbocycles. The molecule has 1 saturated heterocycles. The normalized spacial score (nSPS) is 15.9. The maximum atomic E-state index is 13.9. The summed E-state index contributed by atoms with van der Waals surface area (Å²) >= 11 is 0. The minimum absolute atomic E-state index is 0.203. The number of piperidine rings is 1. The Bertz CT molecular complexity index is 1210. The van der Waals surface area contributed by atoms with Crippen molar-refractivity contribution in [2.75, 3.05) is 38.8 Å². The van der Waals surface area contributed by atoms with Crippen molar-refractivity contribution in [3.63, 3.8) is 0 Å². The van der Waals surface area contributed by atoms with Crippen LogP contribution >= 0.6 is 0 Å². The first-order valence-corrected chi connectivity index (χ1v) is 12.2. The highest BCUT2D eigenvalue weighted by atomic mass is 19.2. The van der Waals surface area contributed by atoms with Crippen molar-refractivity contribution in [2.45, 2.75) is 38.8 Å². The van der Waals surface area contributed by atoms with E-state index >= 15 is 0 Å². The minimum Gasteiger partial charge on any atom is -0.497 e. The molecule has 1 aromatic heterocycles. The second kappa shape index (κ2) is 10.7. The number of ether oxygens (including phenoxy) is 3. The molecule has 1 fully saturated rings. The fourth-order valence-corrected chi connectivity index (χ4v) is 4.75. The molecule has 0 spiro atoms. The number of hydrogen-bond donors (Lipinski definition) is 0. The van der Waals surface area contributed by atoms with E-state index in [2.05, 4.69) is 9.80 Å². The summed E-state index contributed by atoms with van der Waals surface area (Å²) in [5, 5.41) is 0. The van der Waals surface area contributed by atoms with E-state index < -0.39 is 11.6 Å². The molecule has 0 unspecified atom stereocenters. The zero-order chi connectivity index (χ0) is 25.1. The molecule has 7 nitrogen and oxygen atoms in total. The molecule has 0 atom stereocenters. The topological polar surface area (TPSA) is 60.0 Å². The van der Waals surface area contributed by atoms with E-state index in [-0.39, 0.29) is 5.75 Å². The summed E-state index contributed by atoms with van der Waals surface area (Å²) in [5.41, 5.74) is 2.85. The van der Waals surface area contributed by atoms with Gasteiger partial charge in [0, 0.05) is 51.3 Å². The third-order valence-corrected chi connectivity index (χ3v) is 6.65. The van der Waals surface area contributed by atoms with Crippen molar-refractivity contribution in [1.82, 2.24) is 14.9 Å². The Kier molecular flexibility index (Phi) is 7.18. The van der Waals surface area contributed by atoms with Gasteiger partial charge >= 0.3 is 0 Å². The van der Waals surface area contributed by atoms with Crippen molar-refractivity contribution in [2.24, 2.45) is 0 Å². The number of hydrogen-bond acceptors (Lipinski definition) is 7. The first-order chi connectivity index (χ1) is 17.5. The fraction of sp³-hybridized carbons (Fsp3) is 0.407. The molecule has 36 heavy (non-hydrogen) atoms. The standard InChI is InChI=1S/C27H30F2N4O3/c1-34-20-12-18(13-21(14-20)35-2)16-32-11-8-25-22(17-32)26(36-19-6-7-23(28)24(29)15-19)31-27(30-25)33-9-4-3-5-10-33/h6-7,12-15H,3-5,8-11,16-17H2,1-2H3. The summed E-state index contributed by atoms with van der Waals surface area (Å²) in [6.45, 7) is 3.84. The van der Waals surface area contributed by atoms with Gasteiger partial charge in [0.25, 0.3) is 0 Å². The van der Waals surface area contributed by atoms with Gasteiger partial charge in [-0.05, 0) is 49.1 Å². The smallest absolute Gasteiger partial charge is 0.228 e. The van der Waals surface area contributed by atoms with Gasteiger partial charge in [-0.25, -0.2) is 13.8 Å². The average Bonchev–Trinajstić information content (AvgIpc) is 2.91. The van der Waals surface area contributed by atoms with Gasteiger partial charge in [-0.15, -0.1) is 0 Å². The quantitative estimate of drug-likeness (QED) is 0.450. The summed E-state index contributed by atoms with van der Waals surface area (Å²) < 4.78 is 44.3. The predicted molar refractivity (Wildman–Crippen MR) is 132 cm³/mol. The van der Waals surface area contributed by atoms with Crippen LogP contribution < -0.4 is 19.1 Å². The molecule has 0 bridgehead atoms. The summed E-state index contributed by atoms with van der Waals surface area (Å²) in [5.74, 6) is 0.823. The van der Waals surface area contributed by atoms with Crippen LogP contribution in [0.2, 0.25) is 0 Å². The monoisotopic (exact) mass is 496 g/mol. The minimum atomic E-state index is -0.958. The van der Waals surface area contributed by atoms with Gasteiger partial charge in [-0.3, -0.25) is 4.90 Å². The molecule has 9 heteroatoms. The Morgan fingerprint density at radius 1 is 0.833 bits per heavy atom. The van der Waals surface area contributed by atoms with E-state index in [0.717, 1.165) is 79.3 Å². The van der Waals surface area contributed by atoms with E-state index in [1.54, 1.807) is 14.2 Å². The Balaban J connectivity index is 1.45. The van der Waals surface area contributed by atoms with Crippen LogP contribution in [0.25, 0.3) is 0 Å². The van der Waals surface area contributed by atoms with E-state index in [1.807, 2.05) is 18.2 Å². The maximum Gasteiger partial charge on any atom is 0.228 e. The number of anilines is 1. The van der Waals surface area contributed by atoms with Gasteiger partial charge in [-0.1, -0.05) is 0 Å². The number of benzene rings is 2. The van der Waals surface area contributed by atoms with Crippen molar-refractivity contribution in [3.8, 4) is 23.1 Å². The predicted octanol–water partition coefficient (Wildman–Crippen LogP) is 5.11. The number of nitrogens with zero attached hydrogens (tertiary/aromatic N) is 4. The maximum absolute atomic E-state index is 13.9. The molecule has 0 amide bonds. The van der Waals surface area contributed by atoms with Gasteiger partial charge in [0.05, 0.1) is 25.5 Å². The zero-order valence-electron chi connectivity index (χ0n) is 20.6. The van der Waals surface area contributed by atoms with Crippen LogP contribution in [-0.2, 0) is 19.5 Å². The molecule has 2 aliphatic heterocycles. The van der Waals surface area contributed by atoms with Gasteiger partial charge in [0.2, 0.25) is 11.8 Å². The van der Waals surface area contributed by atoms with Gasteiger partial charge in [-0.2, -0.15) is 4.98 Å². The van der Waals surface area contributed by atoms with Crippen molar-refractivity contribution in [3.05, 3.63) is 64.9 Å². The van der Waals surface area contributed by atoms with E-state index in [4.69, 9.17) is 24.2 Å². The van der Waals surface area contributed by atoms with Gasteiger partial charge in [0.15, 0.2) is 11.6 Å². The van der Waals surface area contributed by atoms with Gasteiger partial charge in [0.1, 0.15) is 17.2 Å². The molecule has 0 N–H and O–H groups in total. The van der Waals surface area contributed by atoms with Crippen molar-refractivity contribution in [1.29, 1.82) is 0 Å². The summed E-state index contributed by atoms with van der Waals surface area (Å²) in [7, 11) is 3.27. The van der Waals surface area contributed by atoms with Crippen molar-refractivity contribution >= 4 is 5.95 Å². The van der Waals surface area contributed by atoms with E-state index in [1.165, 1.54) is 12.5 Å². The SMILES string of the molecule is COc1cc(CN2CCc3nc(N4CCCCC4)nc(Oc4ccc(F)c(F)c4)c3C2)cc(OC)c1. The Morgan fingerprint density at radius 3 is 2.28 bits per heavy atom. The molecule has 0 saturated carbocycles. The highest BCUT2D eigenvalue weighted by Gasteiger charge is 2.26. The van der Waals surface area contributed by atoms with Crippen LogP contribution in [-0.4, -0.2) is 48.7 Å². The van der Waals surface area contributed by atoms with Crippen LogP contribution in [0.3, 0.4) is 0 Å². The van der Waals surface area contributed by atoms with E-state index in [0.29, 0.717) is 24.9 Å². The Morgan fingerprint density at radius 2 is 1.58 bits per heavy atom. The lowest BCUT2D eigenvalue weighted by molar-refractivity contribution is 0.237. The van der Waals surface area contributed by atoms with Crippen molar-refractivity contribution < 1.29 is 23.0 Å². The number of methoxy groups -OCH3 is 2. The number of rotatable bonds is 7. The summed E-state index contributed by atoms with van der Waals surface area (Å²) in [6.07, 6.45) is 4.12. The Hall–Kier alpha value is -3.46. The van der Waals surface area contributed by atoms with Crippen LogP contribution in [0.4, 0.5) is 14.7 Å².